The Hall–Kier alpha value is -1.38. The molecule has 0 saturated heterocycles. The Balaban J connectivity index is 1.93. The van der Waals surface area contributed by atoms with Crippen LogP contribution < -0.4 is 5.32 Å². The van der Waals surface area contributed by atoms with Crippen LogP contribution in [0, 0.1) is 6.92 Å². The van der Waals surface area contributed by atoms with Crippen LogP contribution >= 0.6 is 23.2 Å². The largest absolute Gasteiger partial charge is 0.508 e. The third kappa shape index (κ3) is 2.97. The number of anilines is 1. The van der Waals surface area contributed by atoms with Gasteiger partial charge in [0.05, 0.1) is 16.8 Å². The van der Waals surface area contributed by atoms with Crippen LogP contribution in [0.3, 0.4) is 0 Å². The molecule has 2 N–H and O–H groups in total. The SMILES string of the molecule is Cc1cc(Cl)c(NC2CCCc3ccc(O)cc32)cc1Cl. The fraction of sp³-hybridized carbons (Fsp3) is 0.294. The number of aromatic hydroxyl groups is 1. The van der Waals surface area contributed by atoms with Gasteiger partial charge in [-0.3, -0.25) is 0 Å². The van der Waals surface area contributed by atoms with Crippen molar-refractivity contribution in [3.05, 3.63) is 57.1 Å². The van der Waals surface area contributed by atoms with E-state index in [0.717, 1.165) is 36.1 Å². The normalized spacial score (nSPS) is 17.4. The summed E-state index contributed by atoms with van der Waals surface area (Å²) in [6.07, 6.45) is 3.18. The average Bonchev–Trinajstić information content (AvgIpc) is 2.45. The second-order valence-electron chi connectivity index (χ2n) is 5.55. The Kier molecular flexibility index (Phi) is 4.01. The van der Waals surface area contributed by atoms with Crippen LogP contribution in [0.1, 0.15) is 35.6 Å². The molecular formula is C17H17Cl2NO. The Labute approximate surface area is 134 Å². The van der Waals surface area contributed by atoms with E-state index in [1.54, 1.807) is 6.07 Å². The van der Waals surface area contributed by atoms with Gasteiger partial charge >= 0.3 is 0 Å². The Morgan fingerprint density at radius 1 is 1.14 bits per heavy atom. The first-order valence-corrected chi connectivity index (χ1v) is 7.84. The number of phenolic OH excluding ortho intramolecular Hbond substituents is 1. The summed E-state index contributed by atoms with van der Waals surface area (Å²) in [6.45, 7) is 1.94. The molecule has 110 valence electrons. The van der Waals surface area contributed by atoms with Crippen molar-refractivity contribution >= 4 is 28.9 Å². The summed E-state index contributed by atoms with van der Waals surface area (Å²) in [5.74, 6) is 0.301. The van der Waals surface area contributed by atoms with Gasteiger partial charge in [0.2, 0.25) is 0 Å². The van der Waals surface area contributed by atoms with Gasteiger partial charge in [-0.05, 0) is 67.1 Å². The molecule has 3 rings (SSSR count). The molecule has 4 heteroatoms. The van der Waals surface area contributed by atoms with Crippen molar-refractivity contribution in [3.63, 3.8) is 0 Å². The molecule has 0 amide bonds. The lowest BCUT2D eigenvalue weighted by atomic mass is 9.87. The highest BCUT2D eigenvalue weighted by molar-refractivity contribution is 6.35. The first kappa shape index (κ1) is 14.6. The zero-order valence-electron chi connectivity index (χ0n) is 11.8. The minimum atomic E-state index is 0.150. The predicted octanol–water partition coefficient (Wildman–Crippen LogP) is 5.50. The van der Waals surface area contributed by atoms with Crippen LogP contribution in [0.25, 0.3) is 0 Å². The Morgan fingerprint density at radius 2 is 1.95 bits per heavy atom. The van der Waals surface area contributed by atoms with Crippen LogP contribution in [0.5, 0.6) is 5.75 Å². The quantitative estimate of drug-likeness (QED) is 0.765. The lowest BCUT2D eigenvalue weighted by Crippen LogP contribution is -2.17. The summed E-state index contributed by atoms with van der Waals surface area (Å²) in [5, 5.41) is 14.6. The topological polar surface area (TPSA) is 32.3 Å². The van der Waals surface area contributed by atoms with Crippen molar-refractivity contribution in [2.24, 2.45) is 0 Å². The standard InChI is InChI=1S/C17H17Cl2NO/c1-10-7-15(19)17(9-14(10)18)20-16-4-2-3-11-5-6-12(21)8-13(11)16/h5-9,16,20-21H,2-4H2,1H3. The molecule has 2 aromatic carbocycles. The number of aryl methyl sites for hydroxylation is 2. The van der Waals surface area contributed by atoms with Gasteiger partial charge in [-0.2, -0.15) is 0 Å². The fourth-order valence-electron chi connectivity index (χ4n) is 2.88. The molecule has 0 aliphatic heterocycles. The van der Waals surface area contributed by atoms with Gasteiger partial charge in [-0.25, -0.2) is 0 Å². The summed E-state index contributed by atoms with van der Waals surface area (Å²) >= 11 is 12.5. The van der Waals surface area contributed by atoms with Crippen molar-refractivity contribution < 1.29 is 5.11 Å². The van der Waals surface area contributed by atoms with E-state index in [0.29, 0.717) is 15.8 Å². The number of fused-ring (bicyclic) bond motifs is 1. The number of hydrogen-bond donors (Lipinski definition) is 2. The van der Waals surface area contributed by atoms with E-state index >= 15 is 0 Å². The summed E-state index contributed by atoms with van der Waals surface area (Å²) in [4.78, 5) is 0. The molecule has 2 aromatic rings. The number of rotatable bonds is 2. The van der Waals surface area contributed by atoms with Gasteiger partial charge in [0.25, 0.3) is 0 Å². The molecule has 0 saturated carbocycles. The number of nitrogens with one attached hydrogen (secondary N) is 1. The number of benzene rings is 2. The van der Waals surface area contributed by atoms with E-state index in [2.05, 4.69) is 5.32 Å². The molecule has 2 nitrogen and oxygen atoms in total. The first-order valence-electron chi connectivity index (χ1n) is 7.08. The molecule has 1 atom stereocenters. The van der Waals surface area contributed by atoms with Gasteiger partial charge in [0.15, 0.2) is 0 Å². The summed E-state index contributed by atoms with van der Waals surface area (Å²) in [6, 6.07) is 9.49. The van der Waals surface area contributed by atoms with E-state index in [1.165, 1.54) is 5.56 Å². The van der Waals surface area contributed by atoms with E-state index in [1.807, 2.05) is 31.2 Å². The maximum absolute atomic E-state index is 9.73. The predicted molar refractivity (Wildman–Crippen MR) is 88.6 cm³/mol. The number of halogens is 2. The minimum Gasteiger partial charge on any atom is -0.508 e. The van der Waals surface area contributed by atoms with Gasteiger partial charge in [-0.1, -0.05) is 29.3 Å². The molecule has 1 aliphatic rings. The molecule has 0 aromatic heterocycles. The summed E-state index contributed by atoms with van der Waals surface area (Å²) in [7, 11) is 0. The van der Waals surface area contributed by atoms with Crippen LogP contribution in [0.15, 0.2) is 30.3 Å². The summed E-state index contributed by atoms with van der Waals surface area (Å²) < 4.78 is 0. The minimum absolute atomic E-state index is 0.150. The van der Waals surface area contributed by atoms with Crippen molar-refractivity contribution in [2.45, 2.75) is 32.2 Å². The number of hydrogen-bond acceptors (Lipinski definition) is 2. The van der Waals surface area contributed by atoms with Gasteiger partial charge in [0.1, 0.15) is 5.75 Å². The van der Waals surface area contributed by atoms with E-state index in [9.17, 15) is 5.11 Å². The molecular weight excluding hydrogens is 305 g/mol. The lowest BCUT2D eigenvalue weighted by Gasteiger charge is -2.28. The molecule has 1 aliphatic carbocycles. The fourth-order valence-corrected chi connectivity index (χ4v) is 3.32. The summed E-state index contributed by atoms with van der Waals surface area (Å²) in [5.41, 5.74) is 4.24. The van der Waals surface area contributed by atoms with Gasteiger partial charge in [-0.15, -0.1) is 0 Å². The maximum atomic E-state index is 9.73. The molecule has 0 fully saturated rings. The zero-order chi connectivity index (χ0) is 15.0. The molecule has 0 bridgehead atoms. The molecule has 21 heavy (non-hydrogen) atoms. The van der Waals surface area contributed by atoms with Crippen molar-refractivity contribution in [3.8, 4) is 5.75 Å². The first-order chi connectivity index (χ1) is 10.0. The van der Waals surface area contributed by atoms with E-state index in [-0.39, 0.29) is 6.04 Å². The maximum Gasteiger partial charge on any atom is 0.115 e. The Morgan fingerprint density at radius 3 is 2.76 bits per heavy atom. The second-order valence-corrected chi connectivity index (χ2v) is 6.37. The van der Waals surface area contributed by atoms with E-state index < -0.39 is 0 Å². The zero-order valence-corrected chi connectivity index (χ0v) is 13.3. The van der Waals surface area contributed by atoms with Crippen molar-refractivity contribution in [2.75, 3.05) is 5.32 Å². The monoisotopic (exact) mass is 321 g/mol. The smallest absolute Gasteiger partial charge is 0.115 e. The second kappa shape index (κ2) is 5.78. The molecule has 1 unspecified atom stereocenters. The lowest BCUT2D eigenvalue weighted by molar-refractivity contribution is 0.471. The van der Waals surface area contributed by atoms with Crippen LogP contribution in [-0.4, -0.2) is 5.11 Å². The van der Waals surface area contributed by atoms with E-state index in [4.69, 9.17) is 23.2 Å². The molecule has 0 heterocycles. The third-order valence-electron chi connectivity index (χ3n) is 4.02. The van der Waals surface area contributed by atoms with Crippen LogP contribution in [0.2, 0.25) is 10.0 Å². The molecule has 0 spiro atoms. The highest BCUT2D eigenvalue weighted by Gasteiger charge is 2.21. The highest BCUT2D eigenvalue weighted by atomic mass is 35.5. The van der Waals surface area contributed by atoms with Gasteiger partial charge < -0.3 is 10.4 Å². The van der Waals surface area contributed by atoms with Gasteiger partial charge in [0, 0.05) is 5.02 Å². The average molecular weight is 322 g/mol. The van der Waals surface area contributed by atoms with Crippen molar-refractivity contribution in [1.29, 1.82) is 0 Å². The van der Waals surface area contributed by atoms with Crippen molar-refractivity contribution in [1.82, 2.24) is 0 Å². The molecule has 0 radical (unpaired) electrons. The Bertz CT molecular complexity index is 685. The van der Waals surface area contributed by atoms with Crippen LogP contribution in [0.4, 0.5) is 5.69 Å². The third-order valence-corrected chi connectivity index (χ3v) is 4.74. The highest BCUT2D eigenvalue weighted by Crippen LogP contribution is 2.37. The number of phenols is 1. The van der Waals surface area contributed by atoms with Crippen LogP contribution in [-0.2, 0) is 6.42 Å².